The van der Waals surface area contributed by atoms with Gasteiger partial charge in [-0.25, -0.2) is 9.78 Å². The van der Waals surface area contributed by atoms with Crippen LogP contribution in [0.25, 0.3) is 0 Å². The summed E-state index contributed by atoms with van der Waals surface area (Å²) >= 11 is 0. The van der Waals surface area contributed by atoms with Gasteiger partial charge in [0.15, 0.2) is 0 Å². The molecule has 0 aliphatic heterocycles. The Hall–Kier alpha value is -1.62. The molecule has 0 spiro atoms. The summed E-state index contributed by atoms with van der Waals surface area (Å²) in [4.78, 5) is 15.9. The minimum atomic E-state index is -0.354. The molecule has 0 atom stereocenters. The van der Waals surface area contributed by atoms with E-state index >= 15 is 0 Å². The maximum absolute atomic E-state index is 11.7. The summed E-state index contributed by atoms with van der Waals surface area (Å²) in [7, 11) is 0. The van der Waals surface area contributed by atoms with Crippen LogP contribution in [0.4, 0.5) is 5.82 Å². The Kier molecular flexibility index (Phi) is 3.81. The molecule has 1 aliphatic rings. The van der Waals surface area contributed by atoms with Crippen LogP contribution in [0.1, 0.15) is 36.5 Å². The largest absolute Gasteiger partial charge is 0.462 e. The zero-order chi connectivity index (χ0) is 13.0. The standard InChI is InChI=1S/C13H19N3O2/c1-2-18-12(17)10-5-3-8-15-11(10)16-9-13(14)6-4-7-13/h3,5,8H,2,4,6-7,9,14H2,1H3,(H,15,16). The number of nitrogens with two attached hydrogens (primary N) is 1. The maximum Gasteiger partial charge on any atom is 0.341 e. The third kappa shape index (κ3) is 2.79. The average molecular weight is 249 g/mol. The molecule has 1 aromatic rings. The first-order chi connectivity index (χ1) is 8.64. The SMILES string of the molecule is CCOC(=O)c1cccnc1NCC1(N)CCC1. The molecule has 3 N–H and O–H groups in total. The Morgan fingerprint density at radius 2 is 2.39 bits per heavy atom. The van der Waals surface area contributed by atoms with Gasteiger partial charge in [-0.2, -0.15) is 0 Å². The lowest BCUT2D eigenvalue weighted by atomic mass is 9.78. The van der Waals surface area contributed by atoms with Gasteiger partial charge in [0.2, 0.25) is 0 Å². The molecule has 18 heavy (non-hydrogen) atoms. The van der Waals surface area contributed by atoms with Crippen molar-refractivity contribution in [1.29, 1.82) is 0 Å². The number of rotatable bonds is 5. The summed E-state index contributed by atoms with van der Waals surface area (Å²) in [6.07, 6.45) is 4.85. The lowest BCUT2D eigenvalue weighted by Crippen LogP contribution is -2.52. The number of nitrogens with one attached hydrogen (secondary N) is 1. The highest BCUT2D eigenvalue weighted by atomic mass is 16.5. The van der Waals surface area contributed by atoms with Crippen molar-refractivity contribution in [1.82, 2.24) is 4.98 Å². The van der Waals surface area contributed by atoms with Gasteiger partial charge in [-0.1, -0.05) is 0 Å². The monoisotopic (exact) mass is 249 g/mol. The molecule has 1 aromatic heterocycles. The van der Waals surface area contributed by atoms with E-state index in [1.54, 1.807) is 25.3 Å². The first-order valence-electron chi connectivity index (χ1n) is 6.29. The molecule has 98 valence electrons. The van der Waals surface area contributed by atoms with E-state index in [4.69, 9.17) is 10.5 Å². The summed E-state index contributed by atoms with van der Waals surface area (Å²) < 4.78 is 4.99. The molecule has 0 bridgehead atoms. The van der Waals surface area contributed by atoms with Crippen LogP contribution in [0.15, 0.2) is 18.3 Å². The van der Waals surface area contributed by atoms with Crippen molar-refractivity contribution in [3.63, 3.8) is 0 Å². The van der Waals surface area contributed by atoms with Crippen molar-refractivity contribution < 1.29 is 9.53 Å². The Labute approximate surface area is 107 Å². The number of hydrogen-bond acceptors (Lipinski definition) is 5. The van der Waals surface area contributed by atoms with Crippen LogP contribution in [0, 0.1) is 0 Å². The zero-order valence-corrected chi connectivity index (χ0v) is 10.6. The van der Waals surface area contributed by atoms with E-state index in [9.17, 15) is 4.79 Å². The fourth-order valence-corrected chi connectivity index (χ4v) is 1.99. The lowest BCUT2D eigenvalue weighted by Gasteiger charge is -2.38. The fourth-order valence-electron chi connectivity index (χ4n) is 1.99. The molecule has 1 heterocycles. The van der Waals surface area contributed by atoms with Crippen molar-refractivity contribution in [3.05, 3.63) is 23.9 Å². The Morgan fingerprint density at radius 3 is 3.00 bits per heavy atom. The van der Waals surface area contributed by atoms with Gasteiger partial charge in [-0.3, -0.25) is 0 Å². The maximum atomic E-state index is 11.7. The number of anilines is 1. The molecule has 0 unspecified atom stereocenters. The zero-order valence-electron chi connectivity index (χ0n) is 10.6. The van der Waals surface area contributed by atoms with E-state index in [0.29, 0.717) is 24.5 Å². The molecule has 0 aromatic carbocycles. The summed E-state index contributed by atoms with van der Waals surface area (Å²) in [6.45, 7) is 2.77. The number of nitrogens with zero attached hydrogens (tertiary/aromatic N) is 1. The molecule has 0 saturated heterocycles. The summed E-state index contributed by atoms with van der Waals surface area (Å²) in [6, 6.07) is 3.43. The highest BCUT2D eigenvalue weighted by Crippen LogP contribution is 2.29. The smallest absolute Gasteiger partial charge is 0.341 e. The van der Waals surface area contributed by atoms with Crippen LogP contribution >= 0.6 is 0 Å². The first kappa shape index (κ1) is 12.8. The molecule has 0 radical (unpaired) electrons. The van der Waals surface area contributed by atoms with E-state index in [-0.39, 0.29) is 11.5 Å². The number of ether oxygens (including phenoxy) is 1. The Bertz CT molecular complexity index is 430. The van der Waals surface area contributed by atoms with E-state index in [2.05, 4.69) is 10.3 Å². The van der Waals surface area contributed by atoms with Crippen molar-refractivity contribution in [2.75, 3.05) is 18.5 Å². The van der Waals surface area contributed by atoms with Gasteiger partial charge in [-0.15, -0.1) is 0 Å². The molecule has 5 heteroatoms. The van der Waals surface area contributed by atoms with Crippen molar-refractivity contribution in [3.8, 4) is 0 Å². The quantitative estimate of drug-likeness (QED) is 0.774. The third-order valence-corrected chi connectivity index (χ3v) is 3.26. The lowest BCUT2D eigenvalue weighted by molar-refractivity contribution is 0.0527. The molecule has 1 fully saturated rings. The summed E-state index contributed by atoms with van der Waals surface area (Å²) in [5.41, 5.74) is 6.44. The summed E-state index contributed by atoms with van der Waals surface area (Å²) in [5, 5.41) is 3.16. The number of carbonyl (C=O) groups is 1. The van der Waals surface area contributed by atoms with Crippen molar-refractivity contribution in [2.45, 2.75) is 31.7 Å². The van der Waals surface area contributed by atoms with Crippen LogP contribution in [0.5, 0.6) is 0 Å². The van der Waals surface area contributed by atoms with Crippen LogP contribution < -0.4 is 11.1 Å². The van der Waals surface area contributed by atoms with Crippen LogP contribution in [0.3, 0.4) is 0 Å². The number of aromatic nitrogens is 1. The minimum absolute atomic E-state index is 0.149. The second-order valence-electron chi connectivity index (χ2n) is 4.69. The molecule has 2 rings (SSSR count). The van der Waals surface area contributed by atoms with Crippen molar-refractivity contribution >= 4 is 11.8 Å². The second kappa shape index (κ2) is 5.35. The van der Waals surface area contributed by atoms with Crippen molar-refractivity contribution in [2.24, 2.45) is 5.73 Å². The van der Waals surface area contributed by atoms with Gasteiger partial charge in [0, 0.05) is 18.3 Å². The van der Waals surface area contributed by atoms with Gasteiger partial charge in [0.05, 0.1) is 6.61 Å². The molecular formula is C13H19N3O2. The van der Waals surface area contributed by atoms with Gasteiger partial charge >= 0.3 is 5.97 Å². The molecule has 0 amide bonds. The molecule has 1 aliphatic carbocycles. The first-order valence-corrected chi connectivity index (χ1v) is 6.29. The normalized spacial score (nSPS) is 16.8. The van der Waals surface area contributed by atoms with Gasteiger partial charge in [0.1, 0.15) is 11.4 Å². The summed E-state index contributed by atoms with van der Waals surface area (Å²) in [5.74, 6) is 0.195. The molecular weight excluding hydrogens is 230 g/mol. The van der Waals surface area contributed by atoms with Crippen LogP contribution in [0.2, 0.25) is 0 Å². The van der Waals surface area contributed by atoms with Gasteiger partial charge in [0.25, 0.3) is 0 Å². The predicted octanol–water partition coefficient (Wildman–Crippen LogP) is 1.55. The van der Waals surface area contributed by atoms with E-state index in [1.165, 1.54) is 6.42 Å². The van der Waals surface area contributed by atoms with Crippen LogP contribution in [-0.2, 0) is 4.74 Å². The Morgan fingerprint density at radius 1 is 1.61 bits per heavy atom. The number of hydrogen-bond donors (Lipinski definition) is 2. The van der Waals surface area contributed by atoms with E-state index in [0.717, 1.165) is 12.8 Å². The van der Waals surface area contributed by atoms with Gasteiger partial charge < -0.3 is 15.8 Å². The van der Waals surface area contributed by atoms with E-state index in [1.807, 2.05) is 0 Å². The Balaban J connectivity index is 2.05. The topological polar surface area (TPSA) is 77.2 Å². The predicted molar refractivity (Wildman–Crippen MR) is 69.5 cm³/mol. The second-order valence-corrected chi connectivity index (χ2v) is 4.69. The average Bonchev–Trinajstić information content (AvgIpc) is 2.35. The highest BCUT2D eigenvalue weighted by Gasteiger charge is 2.32. The fraction of sp³-hybridized carbons (Fsp3) is 0.538. The molecule has 5 nitrogen and oxygen atoms in total. The number of pyridine rings is 1. The van der Waals surface area contributed by atoms with E-state index < -0.39 is 0 Å². The third-order valence-electron chi connectivity index (χ3n) is 3.26. The highest BCUT2D eigenvalue weighted by molar-refractivity contribution is 5.94. The number of carbonyl (C=O) groups excluding carboxylic acids is 1. The molecule has 1 saturated carbocycles. The number of esters is 1. The van der Waals surface area contributed by atoms with Gasteiger partial charge in [-0.05, 0) is 38.3 Å². The minimum Gasteiger partial charge on any atom is -0.462 e. The van der Waals surface area contributed by atoms with Crippen LogP contribution in [-0.4, -0.2) is 29.6 Å².